The summed E-state index contributed by atoms with van der Waals surface area (Å²) in [4.78, 5) is 24.4. The molecule has 0 aliphatic rings. The highest BCUT2D eigenvalue weighted by molar-refractivity contribution is 5.70. The molecule has 0 spiro atoms. The maximum atomic E-state index is 12.3. The van der Waals surface area contributed by atoms with Crippen LogP contribution in [-0.4, -0.2) is 36.4 Å². The molecule has 5 nitrogen and oxygen atoms in total. The second-order valence-electron chi connectivity index (χ2n) is 18.6. The van der Waals surface area contributed by atoms with Gasteiger partial charge in [0, 0.05) is 12.8 Å². The molecule has 0 heterocycles. The zero-order valence-electron chi connectivity index (χ0n) is 43.0. The van der Waals surface area contributed by atoms with Gasteiger partial charge < -0.3 is 14.6 Å². The number of carbonyl (C=O) groups is 2. The number of aliphatic hydroxyl groups is 1. The van der Waals surface area contributed by atoms with Crippen LogP contribution in [0.1, 0.15) is 277 Å². The van der Waals surface area contributed by atoms with E-state index in [1.54, 1.807) is 0 Å². The van der Waals surface area contributed by atoms with E-state index in [2.05, 4.69) is 86.8 Å². The van der Waals surface area contributed by atoms with Crippen molar-refractivity contribution in [2.75, 3.05) is 13.2 Å². The van der Waals surface area contributed by atoms with Crippen molar-refractivity contribution in [2.24, 2.45) is 0 Å². The molecule has 0 bridgehead atoms. The molecule has 65 heavy (non-hydrogen) atoms. The number of unbranched alkanes of at least 4 members (excludes halogenated alkanes) is 31. The van der Waals surface area contributed by atoms with Gasteiger partial charge in [0.25, 0.3) is 0 Å². The lowest BCUT2D eigenvalue weighted by molar-refractivity contribution is -0.161. The molecule has 1 atom stereocenters. The minimum Gasteiger partial charge on any atom is -0.462 e. The van der Waals surface area contributed by atoms with Crippen LogP contribution >= 0.6 is 0 Å². The van der Waals surface area contributed by atoms with E-state index >= 15 is 0 Å². The fourth-order valence-electron chi connectivity index (χ4n) is 8.04. The Bertz CT molecular complexity index is 1160. The minimum atomic E-state index is -0.777. The first-order valence-electron chi connectivity index (χ1n) is 28.0. The monoisotopic (exact) mass is 907 g/mol. The van der Waals surface area contributed by atoms with E-state index < -0.39 is 6.10 Å². The Labute approximate surface area is 403 Å². The zero-order chi connectivity index (χ0) is 47.0. The highest BCUT2D eigenvalue weighted by Gasteiger charge is 2.16. The Balaban J connectivity index is 3.41. The normalized spacial score (nSPS) is 12.7. The second kappa shape index (κ2) is 55.7. The zero-order valence-corrected chi connectivity index (χ0v) is 43.0. The molecule has 0 aliphatic heterocycles. The molecule has 1 unspecified atom stereocenters. The van der Waals surface area contributed by atoms with Gasteiger partial charge in [-0.25, -0.2) is 0 Å². The molecule has 0 aromatic carbocycles. The Morgan fingerprint density at radius 2 is 0.662 bits per heavy atom. The van der Waals surface area contributed by atoms with Crippen LogP contribution in [0, 0.1) is 0 Å². The molecule has 376 valence electrons. The van der Waals surface area contributed by atoms with E-state index in [1.165, 1.54) is 173 Å². The summed E-state index contributed by atoms with van der Waals surface area (Å²) in [5.41, 5.74) is 0. The van der Waals surface area contributed by atoms with Gasteiger partial charge in [-0.2, -0.15) is 0 Å². The largest absolute Gasteiger partial charge is 0.462 e. The topological polar surface area (TPSA) is 72.8 Å². The van der Waals surface area contributed by atoms with Crippen molar-refractivity contribution < 1.29 is 24.2 Å². The van der Waals surface area contributed by atoms with Crippen molar-refractivity contribution in [1.29, 1.82) is 0 Å². The third-order valence-electron chi connectivity index (χ3n) is 12.2. The molecule has 0 fully saturated rings. The average molecular weight is 908 g/mol. The van der Waals surface area contributed by atoms with Gasteiger partial charge >= 0.3 is 11.9 Å². The summed E-state index contributed by atoms with van der Waals surface area (Å²) in [6, 6.07) is 0. The van der Waals surface area contributed by atoms with Crippen molar-refractivity contribution in [1.82, 2.24) is 0 Å². The smallest absolute Gasteiger partial charge is 0.306 e. The Hall–Kier alpha value is -2.66. The number of hydrogen-bond donors (Lipinski definition) is 1. The molecule has 0 rings (SSSR count). The number of aliphatic hydroxyl groups excluding tert-OH is 1. The number of hydrogen-bond acceptors (Lipinski definition) is 5. The number of esters is 2. The summed E-state index contributed by atoms with van der Waals surface area (Å²) in [6.45, 7) is 3.99. The summed E-state index contributed by atoms with van der Waals surface area (Å²) in [6.07, 6.45) is 76.1. The predicted octanol–water partition coefficient (Wildman–Crippen LogP) is 18.8. The third-order valence-corrected chi connectivity index (χ3v) is 12.2. The van der Waals surface area contributed by atoms with E-state index in [-0.39, 0.29) is 25.2 Å². The lowest BCUT2D eigenvalue weighted by Gasteiger charge is -2.15. The summed E-state index contributed by atoms with van der Waals surface area (Å²) < 4.78 is 10.7. The van der Waals surface area contributed by atoms with Crippen LogP contribution in [-0.2, 0) is 19.1 Å². The summed E-state index contributed by atoms with van der Waals surface area (Å²) >= 11 is 0. The van der Waals surface area contributed by atoms with Crippen molar-refractivity contribution in [3.63, 3.8) is 0 Å². The molecular weight excluding hydrogens is 801 g/mol. The Morgan fingerprint density at radius 3 is 1.00 bits per heavy atom. The van der Waals surface area contributed by atoms with Crippen molar-refractivity contribution in [3.8, 4) is 0 Å². The fourth-order valence-corrected chi connectivity index (χ4v) is 8.04. The van der Waals surface area contributed by atoms with Gasteiger partial charge in [-0.1, -0.05) is 260 Å². The molecule has 5 heteroatoms. The second-order valence-corrected chi connectivity index (χ2v) is 18.6. The van der Waals surface area contributed by atoms with E-state index in [0.717, 1.165) is 77.0 Å². The molecule has 0 amide bonds. The third kappa shape index (κ3) is 53.8. The Morgan fingerprint density at radius 1 is 0.369 bits per heavy atom. The SMILES string of the molecule is CC/C=C\C/C=C\C/C=C\C/C=C\CCCCCCCCCCCCCCCCCCCCCCCCCCC(=O)OC(CO)COC(=O)CCCCCCC/C=C\C/C=C\CCCC. The molecule has 0 aromatic heterocycles. The molecule has 0 radical (unpaired) electrons. The lowest BCUT2D eigenvalue weighted by atomic mass is 10.0. The summed E-state index contributed by atoms with van der Waals surface area (Å²) in [5, 5.41) is 9.62. The summed E-state index contributed by atoms with van der Waals surface area (Å²) in [5.74, 6) is -0.598. The van der Waals surface area contributed by atoms with Gasteiger partial charge in [-0.15, -0.1) is 0 Å². The van der Waals surface area contributed by atoms with Crippen molar-refractivity contribution in [3.05, 3.63) is 72.9 Å². The number of carbonyl (C=O) groups excluding carboxylic acids is 2. The van der Waals surface area contributed by atoms with Gasteiger partial charge in [0.2, 0.25) is 0 Å². The quantitative estimate of drug-likeness (QED) is 0.0374. The molecule has 0 saturated carbocycles. The average Bonchev–Trinajstić information content (AvgIpc) is 3.31. The molecule has 0 aliphatic carbocycles. The number of rotatable bonds is 51. The first kappa shape index (κ1) is 62.3. The molecule has 1 N–H and O–H groups in total. The van der Waals surface area contributed by atoms with Crippen molar-refractivity contribution in [2.45, 2.75) is 283 Å². The van der Waals surface area contributed by atoms with Crippen LogP contribution in [0.2, 0.25) is 0 Å². The van der Waals surface area contributed by atoms with Gasteiger partial charge in [-0.05, 0) is 77.0 Å². The van der Waals surface area contributed by atoms with Crippen molar-refractivity contribution >= 4 is 11.9 Å². The standard InChI is InChI=1S/C60H106O5/c1-3-5-7-9-11-13-15-17-19-20-21-22-23-24-25-26-27-28-29-30-31-32-33-34-35-36-37-38-39-40-41-43-45-47-49-51-53-55-60(63)65-58(56-61)57-64-59(62)54-52-50-48-46-44-42-18-16-14-12-10-8-6-4-2/h5,7,10-13,16-19,21-22,58,61H,3-4,6,8-9,14-15,20,23-57H2,1-2H3/b7-5-,12-10-,13-11-,18-16-,19-17-,22-21-. The van der Waals surface area contributed by atoms with Crippen LogP contribution in [0.4, 0.5) is 0 Å². The van der Waals surface area contributed by atoms with E-state index in [4.69, 9.17) is 9.47 Å². The van der Waals surface area contributed by atoms with Crippen LogP contribution in [0.5, 0.6) is 0 Å². The molecule has 0 saturated heterocycles. The predicted molar refractivity (Wildman–Crippen MR) is 283 cm³/mol. The highest BCUT2D eigenvalue weighted by atomic mass is 16.6. The maximum absolute atomic E-state index is 12.3. The minimum absolute atomic E-state index is 0.0717. The van der Waals surface area contributed by atoms with Gasteiger partial charge in [-0.3, -0.25) is 9.59 Å². The summed E-state index contributed by atoms with van der Waals surface area (Å²) in [7, 11) is 0. The van der Waals surface area contributed by atoms with E-state index in [1.807, 2.05) is 0 Å². The first-order chi connectivity index (χ1) is 32.1. The first-order valence-corrected chi connectivity index (χ1v) is 28.0. The van der Waals surface area contributed by atoms with Gasteiger partial charge in [0.1, 0.15) is 6.61 Å². The van der Waals surface area contributed by atoms with Crippen LogP contribution in [0.25, 0.3) is 0 Å². The lowest BCUT2D eigenvalue weighted by Crippen LogP contribution is -2.28. The highest BCUT2D eigenvalue weighted by Crippen LogP contribution is 2.17. The van der Waals surface area contributed by atoms with Crippen LogP contribution in [0.15, 0.2) is 72.9 Å². The van der Waals surface area contributed by atoms with E-state index in [0.29, 0.717) is 12.8 Å². The fraction of sp³-hybridized carbons (Fsp3) is 0.767. The molecule has 0 aromatic rings. The molecular formula is C60H106O5. The van der Waals surface area contributed by atoms with Gasteiger partial charge in [0.15, 0.2) is 6.10 Å². The van der Waals surface area contributed by atoms with E-state index in [9.17, 15) is 14.7 Å². The number of ether oxygens (including phenoxy) is 2. The Kier molecular flexibility index (Phi) is 53.4. The maximum Gasteiger partial charge on any atom is 0.306 e. The van der Waals surface area contributed by atoms with Gasteiger partial charge in [0.05, 0.1) is 6.61 Å². The van der Waals surface area contributed by atoms with Crippen LogP contribution in [0.3, 0.4) is 0 Å². The van der Waals surface area contributed by atoms with Crippen LogP contribution < -0.4 is 0 Å². The number of allylic oxidation sites excluding steroid dienone is 12.